The van der Waals surface area contributed by atoms with Gasteiger partial charge in [0.1, 0.15) is 11.3 Å². The molecular formula is C22H26N2O3S. The SMILES string of the molecule is Cc1cc(C)cc(OCCSCC(=O)N2c3ccccc3NC(=O)C2(C)C)c1. The molecule has 0 saturated heterocycles. The Morgan fingerprint density at radius 3 is 2.54 bits per heavy atom. The van der Waals surface area contributed by atoms with E-state index in [-0.39, 0.29) is 11.8 Å². The second kappa shape index (κ2) is 8.27. The Morgan fingerprint density at radius 2 is 1.82 bits per heavy atom. The van der Waals surface area contributed by atoms with E-state index in [4.69, 9.17) is 4.74 Å². The molecule has 1 N–H and O–H groups in total. The topological polar surface area (TPSA) is 58.6 Å². The van der Waals surface area contributed by atoms with Crippen molar-refractivity contribution in [3.8, 4) is 5.75 Å². The van der Waals surface area contributed by atoms with Crippen LogP contribution in [0.25, 0.3) is 0 Å². The Hall–Kier alpha value is -2.47. The molecule has 0 radical (unpaired) electrons. The van der Waals surface area contributed by atoms with Gasteiger partial charge in [0.15, 0.2) is 0 Å². The number of para-hydroxylation sites is 2. The van der Waals surface area contributed by atoms with Crippen molar-refractivity contribution in [2.45, 2.75) is 33.2 Å². The molecule has 0 atom stereocenters. The van der Waals surface area contributed by atoms with Gasteiger partial charge in [-0.2, -0.15) is 0 Å². The average molecular weight is 399 g/mol. The maximum absolute atomic E-state index is 12.9. The van der Waals surface area contributed by atoms with Gasteiger partial charge in [-0.1, -0.05) is 18.2 Å². The summed E-state index contributed by atoms with van der Waals surface area (Å²) in [4.78, 5) is 27.0. The van der Waals surface area contributed by atoms with Crippen LogP contribution in [0.2, 0.25) is 0 Å². The molecule has 0 unspecified atom stereocenters. The van der Waals surface area contributed by atoms with Crippen molar-refractivity contribution in [2.24, 2.45) is 0 Å². The lowest BCUT2D eigenvalue weighted by atomic mass is 9.96. The number of hydrogen-bond donors (Lipinski definition) is 1. The molecule has 0 fully saturated rings. The third kappa shape index (κ3) is 4.33. The van der Waals surface area contributed by atoms with Crippen molar-refractivity contribution in [3.05, 3.63) is 53.6 Å². The smallest absolute Gasteiger partial charge is 0.250 e. The highest BCUT2D eigenvalue weighted by Gasteiger charge is 2.43. The number of aryl methyl sites for hydroxylation is 2. The van der Waals surface area contributed by atoms with Gasteiger partial charge in [-0.3, -0.25) is 14.5 Å². The van der Waals surface area contributed by atoms with E-state index >= 15 is 0 Å². The number of nitrogens with one attached hydrogen (secondary N) is 1. The number of benzene rings is 2. The highest BCUT2D eigenvalue weighted by molar-refractivity contribution is 7.99. The Kier molecular flexibility index (Phi) is 5.98. The number of anilines is 2. The minimum absolute atomic E-state index is 0.0799. The number of carbonyl (C=O) groups is 2. The van der Waals surface area contributed by atoms with Gasteiger partial charge in [0.05, 0.1) is 23.7 Å². The second-order valence-electron chi connectivity index (χ2n) is 7.48. The van der Waals surface area contributed by atoms with Gasteiger partial charge < -0.3 is 10.1 Å². The molecule has 6 heteroatoms. The molecule has 0 aromatic heterocycles. The van der Waals surface area contributed by atoms with Crippen LogP contribution in [0, 0.1) is 13.8 Å². The minimum atomic E-state index is -0.929. The Labute approximate surface area is 170 Å². The first kappa shape index (κ1) is 20.3. The van der Waals surface area contributed by atoms with Gasteiger partial charge >= 0.3 is 0 Å². The number of fused-ring (bicyclic) bond motifs is 1. The number of nitrogens with zero attached hydrogens (tertiary/aromatic N) is 1. The molecule has 0 spiro atoms. The van der Waals surface area contributed by atoms with E-state index in [1.165, 1.54) is 22.9 Å². The summed E-state index contributed by atoms with van der Waals surface area (Å²) in [5.74, 6) is 1.58. The molecule has 0 bridgehead atoms. The van der Waals surface area contributed by atoms with Gasteiger partial charge in [-0.25, -0.2) is 0 Å². The first-order valence-corrected chi connectivity index (χ1v) is 10.5. The summed E-state index contributed by atoms with van der Waals surface area (Å²) in [6.07, 6.45) is 0. The van der Waals surface area contributed by atoms with E-state index in [0.717, 1.165) is 11.4 Å². The van der Waals surface area contributed by atoms with Gasteiger partial charge in [-0.05, 0) is 63.1 Å². The van der Waals surface area contributed by atoms with Crippen LogP contribution in [0.1, 0.15) is 25.0 Å². The third-order valence-electron chi connectivity index (χ3n) is 4.67. The van der Waals surface area contributed by atoms with Crippen molar-refractivity contribution < 1.29 is 14.3 Å². The van der Waals surface area contributed by atoms with Gasteiger partial charge in [-0.15, -0.1) is 11.8 Å². The first-order valence-electron chi connectivity index (χ1n) is 9.31. The molecule has 2 aromatic carbocycles. The minimum Gasteiger partial charge on any atom is -0.493 e. The van der Waals surface area contributed by atoms with Crippen molar-refractivity contribution >= 4 is 35.0 Å². The number of thioether (sulfide) groups is 1. The lowest BCUT2D eigenvalue weighted by Gasteiger charge is -2.42. The molecule has 0 aliphatic carbocycles. The van der Waals surface area contributed by atoms with Crippen molar-refractivity contribution in [1.82, 2.24) is 0 Å². The standard InChI is InChI=1S/C22H26N2O3S/c1-15-11-16(2)13-17(12-15)27-9-10-28-14-20(25)24-19-8-6-5-7-18(19)23-21(26)22(24,3)4/h5-8,11-13H,9-10,14H2,1-4H3,(H,23,26). The molecule has 2 aromatic rings. The van der Waals surface area contributed by atoms with Crippen molar-refractivity contribution in [2.75, 3.05) is 28.3 Å². The highest BCUT2D eigenvalue weighted by atomic mass is 32.2. The number of hydrogen-bond acceptors (Lipinski definition) is 4. The molecule has 1 aliphatic rings. The van der Waals surface area contributed by atoms with Crippen LogP contribution in [0.3, 0.4) is 0 Å². The quantitative estimate of drug-likeness (QED) is 0.742. The Morgan fingerprint density at radius 1 is 1.14 bits per heavy atom. The van der Waals surface area contributed by atoms with Crippen LogP contribution in [0.15, 0.2) is 42.5 Å². The molecule has 1 aliphatic heterocycles. The van der Waals surface area contributed by atoms with Gasteiger partial charge in [0.25, 0.3) is 0 Å². The second-order valence-corrected chi connectivity index (χ2v) is 8.59. The molecule has 5 nitrogen and oxygen atoms in total. The van der Waals surface area contributed by atoms with Crippen LogP contribution in [0.4, 0.5) is 11.4 Å². The molecule has 148 valence electrons. The van der Waals surface area contributed by atoms with E-state index in [0.29, 0.717) is 23.8 Å². The Balaban J connectivity index is 1.57. The monoisotopic (exact) mass is 398 g/mol. The fourth-order valence-corrected chi connectivity index (χ4v) is 4.01. The van der Waals surface area contributed by atoms with E-state index in [1.54, 1.807) is 18.7 Å². The zero-order chi connectivity index (χ0) is 20.3. The average Bonchev–Trinajstić information content (AvgIpc) is 2.61. The third-order valence-corrected chi connectivity index (χ3v) is 5.58. The fraction of sp³-hybridized carbons (Fsp3) is 0.364. The van der Waals surface area contributed by atoms with E-state index in [1.807, 2.05) is 50.2 Å². The summed E-state index contributed by atoms with van der Waals surface area (Å²) in [5, 5.41) is 2.88. The van der Waals surface area contributed by atoms with Crippen molar-refractivity contribution in [3.63, 3.8) is 0 Å². The predicted octanol–water partition coefficient (Wildman–Crippen LogP) is 4.18. The number of amides is 2. The zero-order valence-electron chi connectivity index (χ0n) is 16.7. The summed E-state index contributed by atoms with van der Waals surface area (Å²) < 4.78 is 5.80. The van der Waals surface area contributed by atoms with Gasteiger partial charge in [0.2, 0.25) is 11.8 Å². The van der Waals surface area contributed by atoms with E-state index < -0.39 is 5.54 Å². The maximum Gasteiger partial charge on any atom is 0.250 e. The number of ether oxygens (including phenoxy) is 1. The maximum atomic E-state index is 12.9. The van der Waals surface area contributed by atoms with Crippen molar-refractivity contribution in [1.29, 1.82) is 0 Å². The normalized spacial score (nSPS) is 15.0. The summed E-state index contributed by atoms with van der Waals surface area (Å²) in [6, 6.07) is 13.5. The Bertz CT molecular complexity index is 875. The molecule has 28 heavy (non-hydrogen) atoms. The fourth-order valence-electron chi connectivity index (χ4n) is 3.36. The van der Waals surface area contributed by atoms with Crippen LogP contribution >= 0.6 is 11.8 Å². The lowest BCUT2D eigenvalue weighted by Crippen LogP contribution is -2.59. The molecule has 0 saturated carbocycles. The van der Waals surface area contributed by atoms with Crippen LogP contribution < -0.4 is 15.0 Å². The number of carbonyl (C=O) groups excluding carboxylic acids is 2. The van der Waals surface area contributed by atoms with E-state index in [9.17, 15) is 9.59 Å². The highest BCUT2D eigenvalue weighted by Crippen LogP contribution is 2.37. The summed E-state index contributed by atoms with van der Waals surface area (Å²) in [6.45, 7) is 8.15. The zero-order valence-corrected chi connectivity index (χ0v) is 17.6. The lowest BCUT2D eigenvalue weighted by molar-refractivity contribution is -0.125. The molecule has 3 rings (SSSR count). The van der Waals surface area contributed by atoms with Crippen LogP contribution in [-0.2, 0) is 9.59 Å². The van der Waals surface area contributed by atoms with E-state index in [2.05, 4.69) is 11.4 Å². The summed E-state index contributed by atoms with van der Waals surface area (Å²) >= 11 is 1.51. The van der Waals surface area contributed by atoms with Crippen LogP contribution in [-0.4, -0.2) is 35.5 Å². The summed E-state index contributed by atoms with van der Waals surface area (Å²) in [7, 11) is 0. The molecular weight excluding hydrogens is 372 g/mol. The predicted molar refractivity (Wildman–Crippen MR) is 115 cm³/mol. The largest absolute Gasteiger partial charge is 0.493 e. The van der Waals surface area contributed by atoms with Crippen LogP contribution in [0.5, 0.6) is 5.75 Å². The van der Waals surface area contributed by atoms with Gasteiger partial charge in [0, 0.05) is 5.75 Å². The summed E-state index contributed by atoms with van der Waals surface area (Å²) in [5.41, 5.74) is 2.82. The number of rotatable bonds is 6. The first-order chi connectivity index (χ1) is 13.3. The molecule has 2 amide bonds. The molecule has 1 heterocycles.